The van der Waals surface area contributed by atoms with Crippen LogP contribution >= 0.6 is 0 Å². The van der Waals surface area contributed by atoms with Gasteiger partial charge in [0.15, 0.2) is 0 Å². The maximum absolute atomic E-state index is 10.7. The van der Waals surface area contributed by atoms with Crippen molar-refractivity contribution in [2.75, 3.05) is 0 Å². The van der Waals surface area contributed by atoms with E-state index in [1.165, 1.54) is 0 Å². The van der Waals surface area contributed by atoms with Crippen molar-refractivity contribution in [3.8, 4) is 0 Å². The number of carbonyl (C=O) groups is 1. The van der Waals surface area contributed by atoms with Gasteiger partial charge in [-0.1, -0.05) is 6.92 Å². The third-order valence-electron chi connectivity index (χ3n) is 2.18. The second kappa shape index (κ2) is 4.26. The number of rotatable bonds is 4. The molecular formula is C10H16N2O2. The van der Waals surface area contributed by atoms with Crippen LogP contribution in [-0.4, -0.2) is 20.9 Å². The van der Waals surface area contributed by atoms with E-state index in [9.17, 15) is 4.79 Å². The van der Waals surface area contributed by atoms with Crippen molar-refractivity contribution < 1.29 is 9.90 Å². The Kier molecular flexibility index (Phi) is 3.28. The zero-order valence-electron chi connectivity index (χ0n) is 8.77. The monoisotopic (exact) mass is 196 g/mol. The standard InChI is InChI=1S/C10H16N2O2/c1-7(2)12-9(4-5-11-12)6-8(3)10(13)14/h4-5,7-8H,6H2,1-3H3,(H,13,14). The van der Waals surface area contributed by atoms with E-state index in [4.69, 9.17) is 5.11 Å². The number of hydrogen-bond acceptors (Lipinski definition) is 2. The van der Waals surface area contributed by atoms with Crippen LogP contribution in [0.15, 0.2) is 12.3 Å². The number of hydrogen-bond donors (Lipinski definition) is 1. The van der Waals surface area contributed by atoms with E-state index in [0.717, 1.165) is 5.69 Å². The van der Waals surface area contributed by atoms with Crippen molar-refractivity contribution in [1.82, 2.24) is 9.78 Å². The van der Waals surface area contributed by atoms with Crippen LogP contribution in [0.4, 0.5) is 0 Å². The summed E-state index contributed by atoms with van der Waals surface area (Å²) in [5, 5.41) is 12.9. The third-order valence-corrected chi connectivity index (χ3v) is 2.18. The number of nitrogens with zero attached hydrogens (tertiary/aromatic N) is 2. The molecule has 14 heavy (non-hydrogen) atoms. The van der Waals surface area contributed by atoms with Gasteiger partial charge in [-0.05, 0) is 19.9 Å². The second-order valence-electron chi connectivity index (χ2n) is 3.80. The van der Waals surface area contributed by atoms with Gasteiger partial charge < -0.3 is 5.11 Å². The summed E-state index contributed by atoms with van der Waals surface area (Å²) in [6, 6.07) is 2.15. The summed E-state index contributed by atoms with van der Waals surface area (Å²) >= 11 is 0. The van der Waals surface area contributed by atoms with Crippen LogP contribution in [0.2, 0.25) is 0 Å². The lowest BCUT2D eigenvalue weighted by molar-refractivity contribution is -0.141. The van der Waals surface area contributed by atoms with Crippen LogP contribution in [0.25, 0.3) is 0 Å². The summed E-state index contributed by atoms with van der Waals surface area (Å²) in [5.74, 6) is -1.12. The van der Waals surface area contributed by atoms with Crippen molar-refractivity contribution in [2.45, 2.75) is 33.2 Å². The highest BCUT2D eigenvalue weighted by Gasteiger charge is 2.15. The molecule has 1 unspecified atom stereocenters. The van der Waals surface area contributed by atoms with Crippen LogP contribution in [0.3, 0.4) is 0 Å². The fraction of sp³-hybridized carbons (Fsp3) is 0.600. The molecule has 0 aromatic carbocycles. The zero-order chi connectivity index (χ0) is 10.7. The molecule has 4 nitrogen and oxygen atoms in total. The van der Waals surface area contributed by atoms with Gasteiger partial charge in [0.2, 0.25) is 0 Å². The molecule has 0 amide bonds. The molecule has 0 aliphatic heterocycles. The minimum atomic E-state index is -0.762. The van der Waals surface area contributed by atoms with E-state index < -0.39 is 5.97 Å². The molecule has 0 aliphatic carbocycles. The van der Waals surface area contributed by atoms with E-state index >= 15 is 0 Å². The van der Waals surface area contributed by atoms with E-state index in [1.807, 2.05) is 24.6 Å². The van der Waals surface area contributed by atoms with E-state index in [1.54, 1.807) is 13.1 Å². The minimum Gasteiger partial charge on any atom is -0.481 e. The Morgan fingerprint density at radius 3 is 2.71 bits per heavy atom. The Morgan fingerprint density at radius 2 is 2.21 bits per heavy atom. The van der Waals surface area contributed by atoms with Crippen LogP contribution in [0, 0.1) is 5.92 Å². The maximum atomic E-state index is 10.7. The lowest BCUT2D eigenvalue weighted by Crippen LogP contribution is -2.16. The molecule has 0 fully saturated rings. The van der Waals surface area contributed by atoms with Crippen molar-refractivity contribution in [1.29, 1.82) is 0 Å². The first-order valence-corrected chi connectivity index (χ1v) is 4.77. The van der Waals surface area contributed by atoms with Gasteiger partial charge in [-0.25, -0.2) is 0 Å². The molecule has 0 radical (unpaired) electrons. The number of carboxylic acids is 1. The smallest absolute Gasteiger partial charge is 0.306 e. The topological polar surface area (TPSA) is 55.1 Å². The van der Waals surface area contributed by atoms with Gasteiger partial charge >= 0.3 is 5.97 Å². The third kappa shape index (κ3) is 2.34. The van der Waals surface area contributed by atoms with E-state index in [-0.39, 0.29) is 12.0 Å². The first kappa shape index (κ1) is 10.8. The van der Waals surface area contributed by atoms with Crippen LogP contribution in [0.5, 0.6) is 0 Å². The van der Waals surface area contributed by atoms with Crippen molar-refractivity contribution >= 4 is 5.97 Å². The molecular weight excluding hydrogens is 180 g/mol. The molecule has 0 saturated heterocycles. The van der Waals surface area contributed by atoms with Gasteiger partial charge in [0.05, 0.1) is 5.92 Å². The van der Waals surface area contributed by atoms with Crippen molar-refractivity contribution in [3.05, 3.63) is 18.0 Å². The first-order chi connectivity index (χ1) is 6.52. The van der Waals surface area contributed by atoms with Gasteiger partial charge in [-0.2, -0.15) is 5.10 Å². The first-order valence-electron chi connectivity index (χ1n) is 4.77. The normalized spacial score (nSPS) is 13.1. The molecule has 1 rings (SSSR count). The summed E-state index contributed by atoms with van der Waals surface area (Å²) in [7, 11) is 0. The number of aromatic nitrogens is 2. The molecule has 0 aliphatic rings. The fourth-order valence-corrected chi connectivity index (χ4v) is 1.37. The molecule has 1 heterocycles. The molecule has 1 atom stereocenters. The molecule has 1 aromatic rings. The fourth-order valence-electron chi connectivity index (χ4n) is 1.37. The lowest BCUT2D eigenvalue weighted by Gasteiger charge is -2.12. The Bertz CT molecular complexity index is 318. The average molecular weight is 196 g/mol. The van der Waals surface area contributed by atoms with Crippen molar-refractivity contribution in [3.63, 3.8) is 0 Å². The molecule has 4 heteroatoms. The van der Waals surface area contributed by atoms with Gasteiger partial charge in [-0.3, -0.25) is 9.48 Å². The summed E-state index contributed by atoms with van der Waals surface area (Å²) < 4.78 is 1.86. The lowest BCUT2D eigenvalue weighted by atomic mass is 10.1. The van der Waals surface area contributed by atoms with Gasteiger partial charge in [0.1, 0.15) is 0 Å². The molecule has 1 N–H and O–H groups in total. The predicted octanol–water partition coefficient (Wildman–Crippen LogP) is 1.73. The predicted molar refractivity (Wildman–Crippen MR) is 53.1 cm³/mol. The highest BCUT2D eigenvalue weighted by atomic mass is 16.4. The van der Waals surface area contributed by atoms with Gasteiger partial charge in [-0.15, -0.1) is 0 Å². The largest absolute Gasteiger partial charge is 0.481 e. The summed E-state index contributed by atoms with van der Waals surface area (Å²) in [6.45, 7) is 5.77. The highest BCUT2D eigenvalue weighted by molar-refractivity contribution is 5.69. The average Bonchev–Trinajstić information content (AvgIpc) is 2.52. The molecule has 78 valence electrons. The summed E-state index contributed by atoms with van der Waals surface area (Å²) in [6.07, 6.45) is 2.25. The molecule has 0 saturated carbocycles. The maximum Gasteiger partial charge on any atom is 0.306 e. The second-order valence-corrected chi connectivity index (χ2v) is 3.80. The van der Waals surface area contributed by atoms with Crippen LogP contribution in [0.1, 0.15) is 32.5 Å². The van der Waals surface area contributed by atoms with E-state index in [0.29, 0.717) is 6.42 Å². The van der Waals surface area contributed by atoms with Crippen LogP contribution < -0.4 is 0 Å². The van der Waals surface area contributed by atoms with E-state index in [2.05, 4.69) is 5.10 Å². The van der Waals surface area contributed by atoms with Gasteiger partial charge in [0, 0.05) is 24.4 Å². The van der Waals surface area contributed by atoms with Crippen LogP contribution in [-0.2, 0) is 11.2 Å². The minimum absolute atomic E-state index is 0.279. The highest BCUT2D eigenvalue weighted by Crippen LogP contribution is 2.12. The summed E-state index contributed by atoms with van der Waals surface area (Å²) in [4.78, 5) is 10.7. The van der Waals surface area contributed by atoms with Crippen molar-refractivity contribution in [2.24, 2.45) is 5.92 Å². The zero-order valence-corrected chi connectivity index (χ0v) is 8.77. The Balaban J connectivity index is 2.76. The number of carboxylic acid groups (broad SMARTS) is 1. The SMILES string of the molecule is CC(Cc1ccnn1C(C)C)C(=O)O. The Labute approximate surface area is 83.5 Å². The summed E-state index contributed by atoms with van der Waals surface area (Å²) in [5.41, 5.74) is 0.981. The Morgan fingerprint density at radius 1 is 1.57 bits per heavy atom. The molecule has 0 bridgehead atoms. The Hall–Kier alpha value is -1.32. The quantitative estimate of drug-likeness (QED) is 0.797. The molecule has 1 aromatic heterocycles. The molecule has 0 spiro atoms. The number of aliphatic carboxylic acids is 1. The van der Waals surface area contributed by atoms with Gasteiger partial charge in [0.25, 0.3) is 0 Å².